The highest BCUT2D eigenvalue weighted by Crippen LogP contribution is 2.23. The molecule has 0 amide bonds. The highest BCUT2D eigenvalue weighted by molar-refractivity contribution is 5.30. The summed E-state index contributed by atoms with van der Waals surface area (Å²) < 4.78 is 0. The number of rotatable bonds is 4. The van der Waals surface area contributed by atoms with E-state index in [1.165, 1.54) is 44.3 Å². The van der Waals surface area contributed by atoms with Crippen molar-refractivity contribution < 1.29 is 0 Å². The molecule has 0 N–H and O–H groups in total. The molecule has 1 fully saturated rings. The molecule has 0 bridgehead atoms. The van der Waals surface area contributed by atoms with E-state index in [4.69, 9.17) is 0 Å². The summed E-state index contributed by atoms with van der Waals surface area (Å²) in [5, 5.41) is 0. The second-order valence-electron chi connectivity index (χ2n) is 5.49. The van der Waals surface area contributed by atoms with Gasteiger partial charge < -0.3 is 0 Å². The van der Waals surface area contributed by atoms with Crippen LogP contribution < -0.4 is 0 Å². The third-order valence-corrected chi connectivity index (χ3v) is 4.26. The van der Waals surface area contributed by atoms with Crippen LogP contribution in [0.15, 0.2) is 23.8 Å². The molecule has 1 heterocycles. The SMILES string of the molecule is CCC1C=C[CH]C(CN2CCC(CC)CC2)=C1. The number of hydrogen-bond donors (Lipinski definition) is 0. The van der Waals surface area contributed by atoms with Crippen molar-refractivity contribution in [3.05, 3.63) is 30.2 Å². The van der Waals surface area contributed by atoms with Crippen LogP contribution in [-0.2, 0) is 0 Å². The van der Waals surface area contributed by atoms with E-state index in [1.807, 2.05) is 0 Å². The minimum absolute atomic E-state index is 0.670. The summed E-state index contributed by atoms with van der Waals surface area (Å²) in [4.78, 5) is 2.63. The Kier molecular flexibility index (Phi) is 4.85. The van der Waals surface area contributed by atoms with Crippen LogP contribution in [0, 0.1) is 18.3 Å². The maximum absolute atomic E-state index is 2.63. The Morgan fingerprint density at radius 1 is 1.18 bits per heavy atom. The first-order valence-corrected chi connectivity index (χ1v) is 7.26. The van der Waals surface area contributed by atoms with Gasteiger partial charge in [0.15, 0.2) is 0 Å². The molecule has 2 rings (SSSR count). The lowest BCUT2D eigenvalue weighted by molar-refractivity contribution is 0.195. The van der Waals surface area contributed by atoms with Crippen molar-refractivity contribution in [1.29, 1.82) is 0 Å². The van der Waals surface area contributed by atoms with E-state index >= 15 is 0 Å². The normalized spacial score (nSPS) is 27.2. The van der Waals surface area contributed by atoms with Crippen LogP contribution in [0.3, 0.4) is 0 Å². The van der Waals surface area contributed by atoms with Gasteiger partial charge in [-0.3, -0.25) is 4.90 Å². The van der Waals surface area contributed by atoms with Crippen molar-refractivity contribution in [2.75, 3.05) is 19.6 Å². The second kappa shape index (κ2) is 6.39. The molecule has 2 aliphatic rings. The first-order chi connectivity index (χ1) is 8.31. The first-order valence-electron chi connectivity index (χ1n) is 7.26. The summed E-state index contributed by atoms with van der Waals surface area (Å²) in [6.45, 7) is 8.35. The molecule has 0 aromatic rings. The molecule has 1 nitrogen and oxygen atoms in total. The van der Waals surface area contributed by atoms with Crippen molar-refractivity contribution in [2.45, 2.75) is 39.5 Å². The molecule has 1 saturated heterocycles. The topological polar surface area (TPSA) is 3.24 Å². The van der Waals surface area contributed by atoms with Crippen LogP contribution in [0.2, 0.25) is 0 Å². The quantitative estimate of drug-likeness (QED) is 0.712. The first kappa shape index (κ1) is 12.9. The van der Waals surface area contributed by atoms with E-state index in [0.717, 1.165) is 12.5 Å². The fourth-order valence-electron chi connectivity index (χ4n) is 2.88. The van der Waals surface area contributed by atoms with Gasteiger partial charge >= 0.3 is 0 Å². The fraction of sp³-hybridized carbons (Fsp3) is 0.688. The fourth-order valence-corrected chi connectivity index (χ4v) is 2.88. The van der Waals surface area contributed by atoms with Gasteiger partial charge in [-0.15, -0.1) is 0 Å². The molecular weight excluding hydrogens is 206 g/mol. The highest BCUT2D eigenvalue weighted by Gasteiger charge is 2.18. The zero-order valence-electron chi connectivity index (χ0n) is 11.4. The second-order valence-corrected chi connectivity index (χ2v) is 5.49. The number of likely N-dealkylation sites (tertiary alicyclic amines) is 1. The molecular formula is C16H26N. The van der Waals surface area contributed by atoms with Gasteiger partial charge in [0.1, 0.15) is 0 Å². The van der Waals surface area contributed by atoms with E-state index in [9.17, 15) is 0 Å². The lowest BCUT2D eigenvalue weighted by Crippen LogP contribution is -2.35. The smallest absolute Gasteiger partial charge is 0.0199 e. The molecule has 1 heteroatoms. The van der Waals surface area contributed by atoms with Gasteiger partial charge in [-0.1, -0.05) is 44.1 Å². The van der Waals surface area contributed by atoms with E-state index in [1.54, 1.807) is 0 Å². The zero-order valence-corrected chi connectivity index (χ0v) is 11.4. The molecule has 0 spiro atoms. The standard InChI is InChI=1S/C16H26N/c1-3-14-8-10-17(11-9-14)13-16-7-5-6-15(4-2)12-16/h5-7,12,14-15H,3-4,8-11,13H2,1-2H3. The van der Waals surface area contributed by atoms with Crippen molar-refractivity contribution in [3.63, 3.8) is 0 Å². The Bertz CT molecular complexity index is 282. The summed E-state index contributed by atoms with van der Waals surface area (Å²) in [5.74, 6) is 1.65. The molecule has 1 aliphatic carbocycles. The average molecular weight is 232 g/mol. The van der Waals surface area contributed by atoms with Crippen LogP contribution in [0.4, 0.5) is 0 Å². The van der Waals surface area contributed by atoms with Crippen LogP contribution >= 0.6 is 0 Å². The van der Waals surface area contributed by atoms with E-state index < -0.39 is 0 Å². The van der Waals surface area contributed by atoms with Crippen LogP contribution in [-0.4, -0.2) is 24.5 Å². The van der Waals surface area contributed by atoms with Crippen LogP contribution in [0.1, 0.15) is 39.5 Å². The maximum atomic E-state index is 2.63. The van der Waals surface area contributed by atoms with Crippen molar-refractivity contribution in [3.8, 4) is 0 Å². The largest absolute Gasteiger partial charge is 0.299 e. The molecule has 95 valence electrons. The Balaban J connectivity index is 1.80. The molecule has 1 atom stereocenters. The predicted octanol–water partition coefficient (Wildman–Crippen LogP) is 3.84. The lowest BCUT2D eigenvalue weighted by Gasteiger charge is -2.32. The maximum Gasteiger partial charge on any atom is 0.0199 e. The van der Waals surface area contributed by atoms with Gasteiger partial charge in [-0.2, -0.15) is 0 Å². The summed E-state index contributed by atoms with van der Waals surface area (Å²) in [7, 11) is 0. The van der Waals surface area contributed by atoms with Crippen molar-refractivity contribution >= 4 is 0 Å². The van der Waals surface area contributed by atoms with Gasteiger partial charge in [0.2, 0.25) is 0 Å². The summed E-state index contributed by atoms with van der Waals surface area (Å²) >= 11 is 0. The Hall–Kier alpha value is -0.560. The van der Waals surface area contributed by atoms with Crippen molar-refractivity contribution in [1.82, 2.24) is 4.90 Å². The van der Waals surface area contributed by atoms with Crippen LogP contribution in [0.25, 0.3) is 0 Å². The van der Waals surface area contributed by atoms with E-state index in [-0.39, 0.29) is 0 Å². The molecule has 1 unspecified atom stereocenters. The molecule has 0 aromatic heterocycles. The average Bonchev–Trinajstić information content (AvgIpc) is 2.40. The molecule has 17 heavy (non-hydrogen) atoms. The van der Waals surface area contributed by atoms with E-state index in [2.05, 4.69) is 43.4 Å². The molecule has 1 radical (unpaired) electrons. The van der Waals surface area contributed by atoms with Gasteiger partial charge in [0, 0.05) is 13.0 Å². The Labute approximate surface area is 107 Å². The molecule has 0 saturated carbocycles. The van der Waals surface area contributed by atoms with Crippen molar-refractivity contribution in [2.24, 2.45) is 11.8 Å². The minimum Gasteiger partial charge on any atom is -0.299 e. The predicted molar refractivity (Wildman–Crippen MR) is 74.8 cm³/mol. The van der Waals surface area contributed by atoms with Crippen LogP contribution in [0.5, 0.6) is 0 Å². The van der Waals surface area contributed by atoms with Gasteiger partial charge in [-0.25, -0.2) is 0 Å². The number of piperidine rings is 1. The lowest BCUT2D eigenvalue weighted by atomic mass is 9.92. The summed E-state index contributed by atoms with van der Waals surface area (Å²) in [6, 6.07) is 0. The zero-order chi connectivity index (χ0) is 12.1. The third-order valence-electron chi connectivity index (χ3n) is 4.26. The molecule has 1 aliphatic heterocycles. The van der Waals surface area contributed by atoms with Gasteiger partial charge in [0.05, 0.1) is 0 Å². The summed E-state index contributed by atoms with van der Waals surface area (Å²) in [6.07, 6.45) is 14.7. The summed E-state index contributed by atoms with van der Waals surface area (Å²) in [5.41, 5.74) is 1.52. The highest BCUT2D eigenvalue weighted by atomic mass is 15.1. The molecule has 0 aromatic carbocycles. The minimum atomic E-state index is 0.670. The third kappa shape index (κ3) is 3.70. The number of allylic oxidation sites excluding steroid dienone is 3. The number of nitrogens with zero attached hydrogens (tertiary/aromatic N) is 1. The monoisotopic (exact) mass is 232 g/mol. The number of hydrogen-bond acceptors (Lipinski definition) is 1. The Morgan fingerprint density at radius 3 is 2.59 bits per heavy atom. The van der Waals surface area contributed by atoms with Gasteiger partial charge in [-0.05, 0) is 44.2 Å². The van der Waals surface area contributed by atoms with Gasteiger partial charge in [0.25, 0.3) is 0 Å². The van der Waals surface area contributed by atoms with E-state index in [0.29, 0.717) is 5.92 Å². The Morgan fingerprint density at radius 2 is 1.94 bits per heavy atom.